The monoisotopic (exact) mass is 404 g/mol. The summed E-state index contributed by atoms with van der Waals surface area (Å²) in [6.07, 6.45) is 3.57. The van der Waals surface area contributed by atoms with Crippen molar-refractivity contribution in [2.75, 3.05) is 18.5 Å². The number of nitrogens with one attached hydrogen (secondary N) is 2. The first kappa shape index (κ1) is 20.2. The molecule has 156 valence electrons. The number of amides is 1. The average molecular weight is 405 g/mol. The molecule has 0 spiro atoms. The summed E-state index contributed by atoms with van der Waals surface area (Å²) in [6.45, 7) is 2.83. The molecule has 4 rings (SSSR count). The molecule has 4 N–H and O–H groups in total. The first-order valence-corrected chi connectivity index (χ1v) is 10.5. The van der Waals surface area contributed by atoms with E-state index in [1.807, 2.05) is 31.2 Å². The molecule has 1 amide bonds. The smallest absolute Gasteiger partial charge is 0.255 e. The van der Waals surface area contributed by atoms with Crippen molar-refractivity contribution in [3.05, 3.63) is 65.9 Å². The van der Waals surface area contributed by atoms with Gasteiger partial charge in [0, 0.05) is 22.8 Å². The summed E-state index contributed by atoms with van der Waals surface area (Å²) in [4.78, 5) is 15.9. The second kappa shape index (κ2) is 9.13. The maximum Gasteiger partial charge on any atom is 0.255 e. The largest absolute Gasteiger partial charge is 0.481 e. The highest BCUT2D eigenvalue weighted by Crippen LogP contribution is 2.34. The molecule has 3 aromatic rings. The molecule has 2 aromatic carbocycles. The van der Waals surface area contributed by atoms with E-state index < -0.39 is 5.91 Å². The molecule has 0 aliphatic carbocycles. The average Bonchev–Trinajstić information content (AvgIpc) is 2.77. The zero-order chi connectivity index (χ0) is 20.9. The molecule has 6 nitrogen and oxygen atoms in total. The molecule has 2 heterocycles. The van der Waals surface area contributed by atoms with Gasteiger partial charge in [0.1, 0.15) is 11.3 Å². The summed E-state index contributed by atoms with van der Waals surface area (Å²) < 4.78 is 5.62. The van der Waals surface area contributed by atoms with E-state index in [0.29, 0.717) is 11.8 Å². The fourth-order valence-electron chi connectivity index (χ4n) is 4.14. The number of aryl methyl sites for hydroxylation is 1. The number of nitrogens with two attached hydrogens (primary N) is 1. The van der Waals surface area contributed by atoms with Crippen LogP contribution in [0.3, 0.4) is 0 Å². The molecule has 6 heteroatoms. The molecule has 0 bridgehead atoms. The van der Waals surface area contributed by atoms with Gasteiger partial charge in [0.15, 0.2) is 6.61 Å². The predicted octanol–water partition coefficient (Wildman–Crippen LogP) is 3.70. The number of primary amides is 1. The number of anilines is 1. The van der Waals surface area contributed by atoms with Crippen molar-refractivity contribution in [1.29, 1.82) is 0 Å². The second-order valence-corrected chi connectivity index (χ2v) is 7.81. The number of para-hydroxylation sites is 1. The van der Waals surface area contributed by atoms with E-state index in [2.05, 4.69) is 45.9 Å². The summed E-state index contributed by atoms with van der Waals surface area (Å²) in [7, 11) is 0. The van der Waals surface area contributed by atoms with E-state index >= 15 is 0 Å². The second-order valence-electron chi connectivity index (χ2n) is 7.81. The minimum Gasteiger partial charge on any atom is -0.481 e. The van der Waals surface area contributed by atoms with Gasteiger partial charge in [-0.25, -0.2) is 4.98 Å². The molecule has 1 aromatic heterocycles. The van der Waals surface area contributed by atoms with Crippen molar-refractivity contribution in [2.45, 2.75) is 38.3 Å². The van der Waals surface area contributed by atoms with Crippen LogP contribution in [0.1, 0.15) is 36.6 Å². The number of ether oxygens (including phenoxy) is 1. The summed E-state index contributed by atoms with van der Waals surface area (Å²) in [6, 6.07) is 18.9. The molecule has 2 atom stereocenters. The lowest BCUT2D eigenvalue weighted by atomic mass is 9.92. The zero-order valence-corrected chi connectivity index (χ0v) is 17.2. The lowest BCUT2D eigenvalue weighted by Crippen LogP contribution is -2.41. The Balaban J connectivity index is 1.73. The van der Waals surface area contributed by atoms with Gasteiger partial charge in [-0.3, -0.25) is 4.79 Å². The summed E-state index contributed by atoms with van der Waals surface area (Å²) in [5, 5.41) is 8.44. The minimum absolute atomic E-state index is 0.131. The van der Waals surface area contributed by atoms with Gasteiger partial charge in [-0.1, -0.05) is 48.9 Å². The van der Waals surface area contributed by atoms with Crippen LogP contribution in [-0.4, -0.2) is 30.1 Å². The van der Waals surface area contributed by atoms with Crippen LogP contribution in [0.5, 0.6) is 5.75 Å². The Morgan fingerprint density at radius 3 is 2.80 bits per heavy atom. The van der Waals surface area contributed by atoms with E-state index in [1.54, 1.807) is 0 Å². The highest BCUT2D eigenvalue weighted by atomic mass is 16.5. The summed E-state index contributed by atoms with van der Waals surface area (Å²) in [5.74, 6) is 0.0515. The Morgan fingerprint density at radius 1 is 1.23 bits per heavy atom. The van der Waals surface area contributed by atoms with E-state index in [4.69, 9.17) is 10.5 Å². The molecular formula is C24H28N4O2. The van der Waals surface area contributed by atoms with Crippen LogP contribution in [0.4, 0.5) is 5.69 Å². The molecule has 1 aliphatic rings. The first-order valence-electron chi connectivity index (χ1n) is 10.5. The third-order valence-electron chi connectivity index (χ3n) is 5.52. The normalized spacial score (nSPS) is 17.4. The predicted molar refractivity (Wildman–Crippen MR) is 120 cm³/mol. The molecule has 0 saturated carbocycles. The summed E-state index contributed by atoms with van der Waals surface area (Å²) in [5.41, 5.74) is 9.11. The first-order chi connectivity index (χ1) is 14.6. The number of nitrogens with zero attached hydrogens (tertiary/aromatic N) is 1. The standard InChI is InChI=1S/C24H28N4O2/c1-16-14-20(18-10-7-12-21(24(18)27-16)30-15-22(25)29)28-23(17-8-3-2-4-9-17)19-11-5-6-13-26-19/h2-4,7-10,12,14,19,23,26H,5-6,11,13,15H2,1H3,(H2,25,29)(H,27,28)/t19-,23?/m0/s1. The van der Waals surface area contributed by atoms with Crippen molar-refractivity contribution < 1.29 is 9.53 Å². The molecule has 1 aliphatic heterocycles. The number of hydrogen-bond acceptors (Lipinski definition) is 5. The molecule has 1 fully saturated rings. The van der Waals surface area contributed by atoms with E-state index in [-0.39, 0.29) is 12.6 Å². The Kier molecular flexibility index (Phi) is 6.14. The van der Waals surface area contributed by atoms with Crippen molar-refractivity contribution in [3.8, 4) is 5.75 Å². The van der Waals surface area contributed by atoms with Gasteiger partial charge in [-0.15, -0.1) is 0 Å². The number of rotatable bonds is 7. The van der Waals surface area contributed by atoms with Gasteiger partial charge in [0.05, 0.1) is 6.04 Å². The van der Waals surface area contributed by atoms with Crippen molar-refractivity contribution in [2.24, 2.45) is 5.73 Å². The topological polar surface area (TPSA) is 89.3 Å². The lowest BCUT2D eigenvalue weighted by molar-refractivity contribution is -0.119. The number of carbonyl (C=O) groups excluding carboxylic acids is 1. The highest BCUT2D eigenvalue weighted by Gasteiger charge is 2.25. The van der Waals surface area contributed by atoms with Crippen LogP contribution in [0.25, 0.3) is 10.9 Å². The number of hydrogen-bond donors (Lipinski definition) is 3. The van der Waals surface area contributed by atoms with Gasteiger partial charge < -0.3 is 21.1 Å². The Hall–Kier alpha value is -3.12. The van der Waals surface area contributed by atoms with Gasteiger partial charge in [0.2, 0.25) is 0 Å². The zero-order valence-electron chi connectivity index (χ0n) is 17.2. The van der Waals surface area contributed by atoms with Gasteiger partial charge in [-0.05, 0) is 44.0 Å². The lowest BCUT2D eigenvalue weighted by Gasteiger charge is -2.33. The molecule has 1 unspecified atom stereocenters. The van der Waals surface area contributed by atoms with Crippen molar-refractivity contribution in [1.82, 2.24) is 10.3 Å². The van der Waals surface area contributed by atoms with E-state index in [0.717, 1.165) is 35.2 Å². The minimum atomic E-state index is -0.509. The molecule has 1 saturated heterocycles. The number of fused-ring (bicyclic) bond motifs is 1. The Morgan fingerprint density at radius 2 is 2.07 bits per heavy atom. The fourth-order valence-corrected chi connectivity index (χ4v) is 4.14. The van der Waals surface area contributed by atoms with E-state index in [9.17, 15) is 4.79 Å². The van der Waals surface area contributed by atoms with Crippen LogP contribution >= 0.6 is 0 Å². The van der Waals surface area contributed by atoms with Crippen LogP contribution in [0.2, 0.25) is 0 Å². The third kappa shape index (κ3) is 4.54. The van der Waals surface area contributed by atoms with Crippen molar-refractivity contribution in [3.63, 3.8) is 0 Å². The number of pyridine rings is 1. The SMILES string of the molecule is Cc1cc(NC(c2ccccc2)[C@@H]2CCCCN2)c2cccc(OCC(N)=O)c2n1. The highest BCUT2D eigenvalue weighted by molar-refractivity contribution is 5.95. The number of carbonyl (C=O) groups is 1. The van der Waals surface area contributed by atoms with E-state index in [1.165, 1.54) is 18.4 Å². The maximum atomic E-state index is 11.2. The number of aromatic nitrogens is 1. The quantitative estimate of drug-likeness (QED) is 0.559. The fraction of sp³-hybridized carbons (Fsp3) is 0.333. The van der Waals surface area contributed by atoms with Crippen molar-refractivity contribution >= 4 is 22.5 Å². The Labute approximate surface area is 176 Å². The third-order valence-corrected chi connectivity index (χ3v) is 5.52. The van der Waals surface area contributed by atoms with Crippen LogP contribution in [0, 0.1) is 6.92 Å². The van der Waals surface area contributed by atoms with Crippen LogP contribution < -0.4 is 21.1 Å². The molecule has 30 heavy (non-hydrogen) atoms. The molecule has 0 radical (unpaired) electrons. The van der Waals surface area contributed by atoms with Gasteiger partial charge >= 0.3 is 0 Å². The maximum absolute atomic E-state index is 11.2. The number of benzene rings is 2. The summed E-state index contributed by atoms with van der Waals surface area (Å²) >= 11 is 0. The van der Waals surface area contributed by atoms with Gasteiger partial charge in [0.25, 0.3) is 5.91 Å². The van der Waals surface area contributed by atoms with Crippen LogP contribution in [0.15, 0.2) is 54.6 Å². The Bertz CT molecular complexity index is 1020. The molecular weight excluding hydrogens is 376 g/mol. The van der Waals surface area contributed by atoms with Gasteiger partial charge in [-0.2, -0.15) is 0 Å². The van der Waals surface area contributed by atoms with Crippen LogP contribution in [-0.2, 0) is 4.79 Å². The number of piperidine rings is 1.